The Hall–Kier alpha value is -1.73. The van der Waals surface area contributed by atoms with Gasteiger partial charge in [-0.25, -0.2) is 0 Å². The maximum Gasteiger partial charge on any atom is 0.425 e. The Labute approximate surface area is 197 Å². The maximum atomic E-state index is 14.1. The largest absolute Gasteiger partial charge is 0.462 e. The Morgan fingerprint density at radius 3 is 1.66 bits per heavy atom. The highest BCUT2D eigenvalue weighted by atomic mass is 19.4. The van der Waals surface area contributed by atoms with Crippen LogP contribution in [-0.4, -0.2) is 53.4 Å². The molecule has 0 spiro atoms. The molecule has 0 aromatic rings. The first-order chi connectivity index (χ1) is 15.4. The minimum atomic E-state index is -5.38. The summed E-state index contributed by atoms with van der Waals surface area (Å²) in [6, 6.07) is 0. The number of halogens is 9. The van der Waals surface area contributed by atoms with Gasteiger partial charge in [-0.15, -0.1) is 0 Å². The fraction of sp³-hybridized carbons (Fsp3) is 0.905. The molecule has 0 aliphatic heterocycles. The third kappa shape index (κ3) is 9.02. The van der Waals surface area contributed by atoms with Gasteiger partial charge in [-0.05, 0) is 39.0 Å². The van der Waals surface area contributed by atoms with Gasteiger partial charge in [-0.2, -0.15) is 39.5 Å². The molecule has 0 radical (unpaired) electrons. The van der Waals surface area contributed by atoms with E-state index >= 15 is 0 Å². The predicted octanol–water partition coefficient (Wildman–Crippen LogP) is 6.13. The molecule has 5 nitrogen and oxygen atoms in total. The van der Waals surface area contributed by atoms with Crippen LogP contribution >= 0.6 is 0 Å². The Balaban J connectivity index is 6.03. The van der Waals surface area contributed by atoms with Crippen LogP contribution in [0.25, 0.3) is 0 Å². The van der Waals surface area contributed by atoms with Crippen LogP contribution in [-0.2, 0) is 19.1 Å². The Kier molecular flexibility index (Phi) is 11.0. The van der Waals surface area contributed by atoms with Crippen LogP contribution in [0.15, 0.2) is 0 Å². The van der Waals surface area contributed by atoms with Gasteiger partial charge in [0.05, 0.1) is 5.92 Å². The Bertz CT molecular complexity index is 713. The van der Waals surface area contributed by atoms with Crippen LogP contribution in [0, 0.1) is 17.3 Å². The van der Waals surface area contributed by atoms with Gasteiger partial charge in [0.25, 0.3) is 0 Å². The zero-order chi connectivity index (χ0) is 28.2. The fourth-order valence-electron chi connectivity index (χ4n) is 3.29. The SMILES string of the molecule is CCC(CC(C)C(=O)OC(C)C(F)(F)F)(C(=O)OC(CC(C)C)CC(C)(O)C(F)(F)F)C(F)(F)F. The van der Waals surface area contributed by atoms with E-state index in [9.17, 15) is 54.2 Å². The number of aliphatic hydroxyl groups is 1. The van der Waals surface area contributed by atoms with E-state index < -0.39 is 84.8 Å². The number of carbonyl (C=O) groups excluding carboxylic acids is 2. The van der Waals surface area contributed by atoms with E-state index in [0.29, 0.717) is 13.8 Å². The summed E-state index contributed by atoms with van der Waals surface area (Å²) in [7, 11) is 0. The monoisotopic (exact) mass is 534 g/mol. The third-order valence-electron chi connectivity index (χ3n) is 5.59. The van der Waals surface area contributed by atoms with Gasteiger partial charge in [0.2, 0.25) is 0 Å². The first-order valence-corrected chi connectivity index (χ1v) is 10.7. The number of ether oxygens (including phenoxy) is 2. The first-order valence-electron chi connectivity index (χ1n) is 10.7. The smallest absolute Gasteiger partial charge is 0.425 e. The quantitative estimate of drug-likeness (QED) is 0.255. The summed E-state index contributed by atoms with van der Waals surface area (Å²) in [5, 5.41) is 9.74. The zero-order valence-corrected chi connectivity index (χ0v) is 20.1. The number of esters is 2. The molecule has 0 rings (SSSR count). The molecule has 0 aliphatic rings. The third-order valence-corrected chi connectivity index (χ3v) is 5.59. The molecule has 0 saturated carbocycles. The molecule has 0 aliphatic carbocycles. The number of hydrogen-bond acceptors (Lipinski definition) is 5. The van der Waals surface area contributed by atoms with Crippen LogP contribution in [0.2, 0.25) is 0 Å². The van der Waals surface area contributed by atoms with E-state index in [-0.39, 0.29) is 6.42 Å². The van der Waals surface area contributed by atoms with Gasteiger partial charge in [0.15, 0.2) is 17.1 Å². The van der Waals surface area contributed by atoms with Gasteiger partial charge in [-0.3, -0.25) is 9.59 Å². The predicted molar refractivity (Wildman–Crippen MR) is 105 cm³/mol. The van der Waals surface area contributed by atoms with Gasteiger partial charge < -0.3 is 14.6 Å². The topological polar surface area (TPSA) is 72.8 Å². The van der Waals surface area contributed by atoms with Gasteiger partial charge in [0, 0.05) is 6.42 Å². The molecule has 0 aromatic heterocycles. The molecular weight excluding hydrogens is 503 g/mol. The summed E-state index contributed by atoms with van der Waals surface area (Å²) >= 11 is 0. The van der Waals surface area contributed by atoms with Crippen molar-refractivity contribution < 1.29 is 63.7 Å². The number of carbonyl (C=O) groups is 2. The van der Waals surface area contributed by atoms with Crippen LogP contribution in [0.4, 0.5) is 39.5 Å². The van der Waals surface area contributed by atoms with Crippen LogP contribution in [0.1, 0.15) is 67.2 Å². The summed E-state index contributed by atoms with van der Waals surface area (Å²) < 4.78 is 128. The second kappa shape index (κ2) is 11.5. The molecule has 5 atom stereocenters. The van der Waals surface area contributed by atoms with E-state index in [1.54, 1.807) is 0 Å². The molecule has 0 saturated heterocycles. The number of alkyl halides is 9. The first kappa shape index (κ1) is 33.3. The molecular formula is C21H31F9O5. The molecule has 1 N–H and O–H groups in total. The lowest BCUT2D eigenvalue weighted by Crippen LogP contribution is -2.50. The van der Waals surface area contributed by atoms with Crippen molar-refractivity contribution in [3.8, 4) is 0 Å². The molecule has 0 fully saturated rings. The Morgan fingerprint density at radius 2 is 1.31 bits per heavy atom. The molecule has 0 aromatic carbocycles. The highest BCUT2D eigenvalue weighted by molar-refractivity contribution is 5.80. The van der Waals surface area contributed by atoms with Crippen molar-refractivity contribution in [2.45, 2.75) is 104 Å². The lowest BCUT2D eigenvalue weighted by molar-refractivity contribution is -0.267. The molecule has 14 heteroatoms. The van der Waals surface area contributed by atoms with Crippen molar-refractivity contribution in [2.24, 2.45) is 17.3 Å². The maximum absolute atomic E-state index is 14.1. The van der Waals surface area contributed by atoms with Crippen molar-refractivity contribution in [1.29, 1.82) is 0 Å². The van der Waals surface area contributed by atoms with E-state index in [4.69, 9.17) is 4.74 Å². The minimum absolute atomic E-state index is 0.323. The molecule has 0 amide bonds. The van der Waals surface area contributed by atoms with E-state index in [2.05, 4.69) is 4.74 Å². The minimum Gasteiger partial charge on any atom is -0.462 e. The van der Waals surface area contributed by atoms with E-state index in [1.807, 2.05) is 0 Å². The standard InChI is InChI=1S/C21H31F9O5/c1-7-18(21(28,29)30,9-12(4)15(31)34-13(5)19(22,23)24)16(32)35-14(8-11(2)3)10-17(6,33)20(25,26)27/h11-14,33H,7-10H2,1-6H3. The summed E-state index contributed by atoms with van der Waals surface area (Å²) in [4.78, 5) is 24.8. The highest BCUT2D eigenvalue weighted by Gasteiger charge is 2.62. The average Bonchev–Trinajstić information content (AvgIpc) is 2.61. The van der Waals surface area contributed by atoms with Crippen LogP contribution in [0.5, 0.6) is 0 Å². The van der Waals surface area contributed by atoms with Crippen molar-refractivity contribution in [3.63, 3.8) is 0 Å². The fourth-order valence-corrected chi connectivity index (χ4v) is 3.29. The number of rotatable bonds is 11. The average molecular weight is 534 g/mol. The van der Waals surface area contributed by atoms with Crippen molar-refractivity contribution in [3.05, 3.63) is 0 Å². The van der Waals surface area contributed by atoms with Gasteiger partial charge in [0.1, 0.15) is 6.10 Å². The lowest BCUT2D eigenvalue weighted by Gasteiger charge is -2.37. The van der Waals surface area contributed by atoms with Gasteiger partial charge in [-0.1, -0.05) is 27.7 Å². The zero-order valence-electron chi connectivity index (χ0n) is 20.1. The molecule has 35 heavy (non-hydrogen) atoms. The second-order valence-electron chi connectivity index (χ2n) is 9.29. The summed E-state index contributed by atoms with van der Waals surface area (Å²) in [6.07, 6.45) is -23.9. The van der Waals surface area contributed by atoms with Crippen LogP contribution in [0.3, 0.4) is 0 Å². The van der Waals surface area contributed by atoms with Crippen molar-refractivity contribution in [1.82, 2.24) is 0 Å². The van der Waals surface area contributed by atoms with Crippen molar-refractivity contribution >= 4 is 11.9 Å². The number of hydrogen-bond donors (Lipinski definition) is 1. The molecule has 0 heterocycles. The Morgan fingerprint density at radius 1 is 0.829 bits per heavy atom. The highest BCUT2D eigenvalue weighted by Crippen LogP contribution is 2.48. The second-order valence-corrected chi connectivity index (χ2v) is 9.29. The van der Waals surface area contributed by atoms with E-state index in [0.717, 1.165) is 13.8 Å². The normalized spacial score (nSPS) is 19.3. The van der Waals surface area contributed by atoms with Gasteiger partial charge >= 0.3 is 30.5 Å². The van der Waals surface area contributed by atoms with E-state index in [1.165, 1.54) is 13.8 Å². The van der Waals surface area contributed by atoms with Crippen LogP contribution < -0.4 is 0 Å². The summed E-state index contributed by atoms with van der Waals surface area (Å²) in [6.45, 7) is 5.59. The summed E-state index contributed by atoms with van der Waals surface area (Å²) in [5.41, 5.74) is -6.81. The lowest BCUT2D eigenvalue weighted by atomic mass is 9.76. The van der Waals surface area contributed by atoms with Crippen molar-refractivity contribution in [2.75, 3.05) is 0 Å². The molecule has 208 valence electrons. The summed E-state index contributed by atoms with van der Waals surface area (Å²) in [5.74, 6) is -5.95. The molecule has 5 unspecified atom stereocenters. The molecule has 0 bridgehead atoms.